The normalized spacial score (nSPS) is 24.4. The molecule has 0 radical (unpaired) electrons. The zero-order chi connectivity index (χ0) is 23.9. The highest BCUT2D eigenvalue weighted by Crippen LogP contribution is 2.37. The summed E-state index contributed by atoms with van der Waals surface area (Å²) in [6.45, 7) is 7.27. The molecule has 4 rings (SSSR count). The van der Waals surface area contributed by atoms with Crippen molar-refractivity contribution >= 4 is 17.1 Å². The van der Waals surface area contributed by atoms with E-state index >= 15 is 0 Å². The van der Waals surface area contributed by atoms with E-state index < -0.39 is 35.8 Å². The van der Waals surface area contributed by atoms with Crippen molar-refractivity contribution in [1.82, 2.24) is 0 Å². The van der Waals surface area contributed by atoms with Gasteiger partial charge in [0.1, 0.15) is 17.4 Å². The first kappa shape index (κ1) is 22.8. The van der Waals surface area contributed by atoms with Crippen molar-refractivity contribution in [1.29, 1.82) is 0 Å². The molecule has 8 nitrogen and oxygen atoms in total. The monoisotopic (exact) mass is 453 g/mol. The van der Waals surface area contributed by atoms with Gasteiger partial charge >= 0.3 is 11.7 Å². The molecule has 8 heteroatoms. The molecule has 0 aliphatic carbocycles. The van der Waals surface area contributed by atoms with Gasteiger partial charge < -0.3 is 29.5 Å². The van der Waals surface area contributed by atoms with Gasteiger partial charge in [-0.25, -0.2) is 9.59 Å². The number of aryl methyl sites for hydroxylation is 1. The molecule has 3 aromatic rings. The molecule has 1 aliphatic rings. The van der Waals surface area contributed by atoms with E-state index in [1.54, 1.807) is 25.1 Å². The van der Waals surface area contributed by atoms with Gasteiger partial charge in [0.25, 0.3) is 0 Å². The van der Waals surface area contributed by atoms with E-state index in [0.717, 1.165) is 16.5 Å². The maximum atomic E-state index is 12.8. The Morgan fingerprint density at radius 2 is 1.85 bits per heavy atom. The van der Waals surface area contributed by atoms with Crippen LogP contribution < -0.4 is 16.1 Å². The third kappa shape index (κ3) is 4.31. The predicted molar refractivity (Wildman–Crippen MR) is 122 cm³/mol. The molecule has 0 bridgehead atoms. The molecule has 1 unspecified atom stereocenters. The Labute approximate surface area is 190 Å². The van der Waals surface area contributed by atoms with Gasteiger partial charge in [0, 0.05) is 17.4 Å². The van der Waals surface area contributed by atoms with E-state index in [4.69, 9.17) is 24.4 Å². The lowest BCUT2D eigenvalue weighted by molar-refractivity contribution is -0.283. The second-order valence-electron chi connectivity index (χ2n) is 8.80. The van der Waals surface area contributed by atoms with Crippen molar-refractivity contribution in [2.75, 3.05) is 0 Å². The van der Waals surface area contributed by atoms with Crippen molar-refractivity contribution in [3.63, 3.8) is 0 Å². The average molecular weight is 453 g/mol. The molecule has 3 N–H and O–H groups in total. The van der Waals surface area contributed by atoms with Crippen molar-refractivity contribution < 1.29 is 28.5 Å². The maximum absolute atomic E-state index is 12.8. The summed E-state index contributed by atoms with van der Waals surface area (Å²) in [6, 6.07) is 14.4. The minimum absolute atomic E-state index is 0.318. The highest BCUT2D eigenvalue weighted by Gasteiger charge is 2.50. The smallest absolute Gasteiger partial charge is 0.405 e. The minimum Gasteiger partial charge on any atom is -0.461 e. The number of hydrogen-bond donors (Lipinski definition) is 2. The Morgan fingerprint density at radius 1 is 1.15 bits per heavy atom. The van der Waals surface area contributed by atoms with Crippen LogP contribution >= 0.6 is 0 Å². The van der Waals surface area contributed by atoms with Gasteiger partial charge in [-0.3, -0.25) is 0 Å². The molecule has 0 saturated carbocycles. The van der Waals surface area contributed by atoms with Gasteiger partial charge in [-0.1, -0.05) is 37.3 Å². The molecule has 2 heterocycles. The molecular weight excluding hydrogens is 426 g/mol. The van der Waals surface area contributed by atoms with E-state index in [1.807, 2.05) is 51.1 Å². The van der Waals surface area contributed by atoms with E-state index in [9.17, 15) is 14.7 Å². The zero-order valence-electron chi connectivity index (χ0n) is 18.9. The van der Waals surface area contributed by atoms with Gasteiger partial charge in [-0.15, -0.1) is 0 Å². The number of nitrogens with two attached hydrogens (primary N) is 1. The largest absolute Gasteiger partial charge is 0.461 e. The number of primary amides is 1. The fraction of sp³-hybridized carbons (Fsp3) is 0.360. The summed E-state index contributed by atoms with van der Waals surface area (Å²) >= 11 is 0. The number of fused-ring (bicyclic) bond motifs is 1. The van der Waals surface area contributed by atoms with Gasteiger partial charge in [-0.2, -0.15) is 0 Å². The first-order chi connectivity index (χ1) is 15.6. The second-order valence-corrected chi connectivity index (χ2v) is 8.80. The molecule has 0 spiro atoms. The van der Waals surface area contributed by atoms with Crippen LogP contribution in [0.4, 0.5) is 4.79 Å². The van der Waals surface area contributed by atoms with Crippen LogP contribution in [-0.2, 0) is 9.47 Å². The van der Waals surface area contributed by atoms with Crippen LogP contribution in [0.1, 0.15) is 26.3 Å². The van der Waals surface area contributed by atoms with Gasteiger partial charge in [-0.05, 0) is 44.0 Å². The number of aliphatic hydroxyl groups excluding tert-OH is 1. The Balaban J connectivity index is 1.70. The van der Waals surface area contributed by atoms with Crippen LogP contribution in [0.15, 0.2) is 57.7 Å². The molecule has 1 saturated heterocycles. The van der Waals surface area contributed by atoms with Crippen LogP contribution in [-0.4, -0.2) is 35.3 Å². The summed E-state index contributed by atoms with van der Waals surface area (Å²) in [5.41, 5.74) is 6.37. The summed E-state index contributed by atoms with van der Waals surface area (Å²) in [5, 5.41) is 11.5. The van der Waals surface area contributed by atoms with E-state index in [2.05, 4.69) is 0 Å². The molecule has 33 heavy (non-hydrogen) atoms. The first-order valence-corrected chi connectivity index (χ1v) is 10.7. The molecule has 4 atom stereocenters. The SMILES string of the molecule is Cc1c(-c2ccccc2)c(=O)oc2cc(OC3OC(C)(C)[C@H](C)[C@@H](O)[C@@H]3OC(N)=O)ccc12. The summed E-state index contributed by atoms with van der Waals surface area (Å²) in [5.74, 6) is -0.0338. The van der Waals surface area contributed by atoms with Crippen molar-refractivity contribution in [2.45, 2.75) is 51.8 Å². The predicted octanol–water partition coefficient (Wildman–Crippen LogP) is 3.74. The zero-order valence-corrected chi connectivity index (χ0v) is 18.9. The average Bonchev–Trinajstić information content (AvgIpc) is 2.75. The highest BCUT2D eigenvalue weighted by molar-refractivity contribution is 5.87. The summed E-state index contributed by atoms with van der Waals surface area (Å²) in [6.07, 6.45) is -4.35. The summed E-state index contributed by atoms with van der Waals surface area (Å²) in [7, 11) is 0. The summed E-state index contributed by atoms with van der Waals surface area (Å²) < 4.78 is 22.7. The van der Waals surface area contributed by atoms with Gasteiger partial charge in [0.15, 0.2) is 6.10 Å². The molecular formula is C25H27NO7. The Bertz CT molecular complexity index is 1230. The quantitative estimate of drug-likeness (QED) is 0.577. The van der Waals surface area contributed by atoms with Crippen LogP contribution in [0.2, 0.25) is 0 Å². The number of carbonyl (C=O) groups is 1. The van der Waals surface area contributed by atoms with E-state index in [1.165, 1.54) is 0 Å². The number of benzene rings is 2. The molecule has 1 aromatic heterocycles. The molecule has 1 amide bonds. The molecule has 1 fully saturated rings. The van der Waals surface area contributed by atoms with Gasteiger partial charge in [0.2, 0.25) is 6.29 Å². The third-order valence-corrected chi connectivity index (χ3v) is 6.34. The number of amides is 1. The first-order valence-electron chi connectivity index (χ1n) is 10.7. The number of aliphatic hydroxyl groups is 1. The number of ether oxygens (including phenoxy) is 3. The Kier molecular flexibility index (Phi) is 5.90. The standard InChI is InChI=1S/C25H27NO7/c1-13-17-11-10-16(12-18(17)31-22(28)19(13)15-8-6-5-7-9-15)30-23-21(32-24(26)29)20(27)14(2)25(3,4)33-23/h5-12,14,20-21,23,27H,1-4H3,(H2,26,29)/t14-,20-,21+,23?/m1/s1. The van der Waals surface area contributed by atoms with Crippen LogP contribution in [0.3, 0.4) is 0 Å². The van der Waals surface area contributed by atoms with Crippen LogP contribution in [0, 0.1) is 12.8 Å². The van der Waals surface area contributed by atoms with E-state index in [0.29, 0.717) is 16.9 Å². The lowest BCUT2D eigenvalue weighted by Gasteiger charge is -2.46. The van der Waals surface area contributed by atoms with Gasteiger partial charge in [0.05, 0.1) is 11.2 Å². The maximum Gasteiger partial charge on any atom is 0.405 e. The van der Waals surface area contributed by atoms with E-state index in [-0.39, 0.29) is 5.92 Å². The second kappa shape index (κ2) is 8.53. The number of carbonyl (C=O) groups excluding carboxylic acids is 1. The van der Waals surface area contributed by atoms with Crippen LogP contribution in [0.25, 0.3) is 22.1 Å². The topological polar surface area (TPSA) is 121 Å². The van der Waals surface area contributed by atoms with Crippen molar-refractivity contribution in [3.05, 3.63) is 64.5 Å². The summed E-state index contributed by atoms with van der Waals surface area (Å²) in [4.78, 5) is 24.2. The fourth-order valence-corrected chi connectivity index (χ4v) is 4.16. The fourth-order valence-electron chi connectivity index (χ4n) is 4.16. The molecule has 174 valence electrons. The highest BCUT2D eigenvalue weighted by atomic mass is 16.7. The lowest BCUT2D eigenvalue weighted by Crippen LogP contribution is -2.61. The lowest BCUT2D eigenvalue weighted by atomic mass is 9.82. The van der Waals surface area contributed by atoms with Crippen LogP contribution in [0.5, 0.6) is 5.75 Å². The minimum atomic E-state index is -1.13. The Morgan fingerprint density at radius 3 is 2.52 bits per heavy atom. The Hall–Kier alpha value is -3.36. The van der Waals surface area contributed by atoms with Crippen molar-refractivity contribution in [2.24, 2.45) is 11.7 Å². The molecule has 2 aromatic carbocycles. The number of rotatable bonds is 4. The number of hydrogen-bond acceptors (Lipinski definition) is 7. The van der Waals surface area contributed by atoms with Crippen molar-refractivity contribution in [3.8, 4) is 16.9 Å². The third-order valence-electron chi connectivity index (χ3n) is 6.34. The molecule has 1 aliphatic heterocycles.